The van der Waals surface area contributed by atoms with Crippen LogP contribution in [0.4, 0.5) is 29.2 Å². The Morgan fingerprint density at radius 3 is 2.47 bits per heavy atom. The first kappa shape index (κ1) is 25.6. The lowest BCUT2D eigenvalue weighted by Gasteiger charge is -2.35. The van der Waals surface area contributed by atoms with Crippen LogP contribution in [0.15, 0.2) is 42.5 Å². The van der Waals surface area contributed by atoms with Crippen LogP contribution in [0.25, 0.3) is 17.0 Å². The molecule has 0 bridgehead atoms. The Balaban J connectivity index is 1.45. The lowest BCUT2D eigenvalue weighted by atomic mass is 10.0. The van der Waals surface area contributed by atoms with E-state index in [2.05, 4.69) is 34.2 Å². The van der Waals surface area contributed by atoms with E-state index < -0.39 is 23.5 Å². The minimum atomic E-state index is -4.64. The first-order chi connectivity index (χ1) is 17.0. The Hall–Kier alpha value is -3.53. The van der Waals surface area contributed by atoms with Gasteiger partial charge in [-0.25, -0.2) is 14.4 Å². The summed E-state index contributed by atoms with van der Waals surface area (Å²) in [5.74, 6) is -0.919. The maximum Gasteiger partial charge on any atom is 0.416 e. The molecule has 1 aliphatic heterocycles. The van der Waals surface area contributed by atoms with E-state index in [1.165, 1.54) is 0 Å². The van der Waals surface area contributed by atoms with Crippen LogP contribution in [0.3, 0.4) is 0 Å². The molecule has 10 heteroatoms. The van der Waals surface area contributed by atoms with Crippen molar-refractivity contribution in [3.8, 4) is 0 Å². The van der Waals surface area contributed by atoms with Gasteiger partial charge in [-0.05, 0) is 70.3 Å². The number of nitrogens with one attached hydrogen (secondary N) is 1. The first-order valence-corrected chi connectivity index (χ1v) is 11.6. The summed E-state index contributed by atoms with van der Waals surface area (Å²) >= 11 is 0. The number of hydrogen-bond donors (Lipinski definition) is 1. The monoisotopic (exact) mass is 501 g/mol. The summed E-state index contributed by atoms with van der Waals surface area (Å²) < 4.78 is 52.1. The average molecular weight is 502 g/mol. The van der Waals surface area contributed by atoms with Crippen molar-refractivity contribution >= 4 is 34.5 Å². The number of carbonyl (C=O) groups excluding carboxylic acids is 1. The Morgan fingerprint density at radius 2 is 1.83 bits per heavy atom. The quantitative estimate of drug-likeness (QED) is 0.381. The van der Waals surface area contributed by atoms with Gasteiger partial charge in [0, 0.05) is 41.8 Å². The molecule has 1 saturated heterocycles. The van der Waals surface area contributed by atoms with Crippen molar-refractivity contribution in [2.24, 2.45) is 0 Å². The molecule has 0 unspecified atom stereocenters. The molecule has 1 fully saturated rings. The molecule has 0 spiro atoms. The van der Waals surface area contributed by atoms with Crippen molar-refractivity contribution in [3.05, 3.63) is 65.1 Å². The third kappa shape index (κ3) is 5.81. The Labute approximate surface area is 206 Å². The Kier molecular flexibility index (Phi) is 7.26. The predicted octanol–water partition coefficient (Wildman–Crippen LogP) is 5.28. The molecule has 3 aromatic rings. The number of anilines is 2. The number of alkyl halides is 3. The van der Waals surface area contributed by atoms with Gasteiger partial charge in [-0.3, -0.25) is 4.79 Å². The summed E-state index contributed by atoms with van der Waals surface area (Å²) in [7, 11) is 4.19. The fourth-order valence-corrected chi connectivity index (χ4v) is 4.26. The third-order valence-corrected chi connectivity index (χ3v) is 6.36. The topological polar surface area (TPSA) is 61.4 Å². The summed E-state index contributed by atoms with van der Waals surface area (Å²) in [5, 5.41) is 3.47. The zero-order valence-electron chi connectivity index (χ0n) is 20.2. The van der Waals surface area contributed by atoms with Gasteiger partial charge >= 0.3 is 6.18 Å². The minimum absolute atomic E-state index is 0.122. The number of aryl methyl sites for hydroxylation is 1. The number of amides is 1. The zero-order valence-corrected chi connectivity index (χ0v) is 20.2. The number of fused-ring (bicyclic) bond motifs is 1. The van der Waals surface area contributed by atoms with E-state index in [-0.39, 0.29) is 5.56 Å². The highest BCUT2D eigenvalue weighted by molar-refractivity contribution is 6.03. The molecule has 0 aliphatic carbocycles. The second-order valence-electron chi connectivity index (χ2n) is 9.08. The van der Waals surface area contributed by atoms with Gasteiger partial charge in [0.2, 0.25) is 11.9 Å². The zero-order chi connectivity index (χ0) is 26.0. The molecule has 1 N–H and O–H groups in total. The van der Waals surface area contributed by atoms with E-state index in [9.17, 15) is 22.4 Å². The molecule has 0 radical (unpaired) electrons. The highest BCUT2D eigenvalue weighted by Crippen LogP contribution is 2.30. The second-order valence-corrected chi connectivity index (χ2v) is 9.08. The molecule has 4 rings (SSSR count). The van der Waals surface area contributed by atoms with Gasteiger partial charge < -0.3 is 15.1 Å². The van der Waals surface area contributed by atoms with Crippen LogP contribution in [0.1, 0.15) is 29.7 Å². The standard InChI is InChI=1S/C26H27F4N5O/c1-16-21-15-19(32-24(36)9-5-17-4-6-18(14-22(17)27)26(28,29)30)7-8-23(21)33-25(31-16)35-12-10-20(11-13-35)34(2)3/h4-9,14-15,20H,10-13H2,1-3H3,(H,32,36)/b9-5+. The van der Waals surface area contributed by atoms with Crippen LogP contribution in [0.2, 0.25) is 0 Å². The molecule has 2 aromatic carbocycles. The van der Waals surface area contributed by atoms with E-state index in [1.807, 2.05) is 6.92 Å². The van der Waals surface area contributed by atoms with Gasteiger partial charge in [-0.15, -0.1) is 0 Å². The largest absolute Gasteiger partial charge is 0.416 e. The van der Waals surface area contributed by atoms with Crippen molar-refractivity contribution in [2.75, 3.05) is 37.4 Å². The van der Waals surface area contributed by atoms with Crippen LogP contribution in [-0.2, 0) is 11.0 Å². The third-order valence-electron chi connectivity index (χ3n) is 6.36. The fourth-order valence-electron chi connectivity index (χ4n) is 4.26. The van der Waals surface area contributed by atoms with Crippen molar-refractivity contribution in [3.63, 3.8) is 0 Å². The van der Waals surface area contributed by atoms with E-state index in [4.69, 9.17) is 4.98 Å². The second kappa shape index (κ2) is 10.2. The summed E-state index contributed by atoms with van der Waals surface area (Å²) in [4.78, 5) is 26.2. The van der Waals surface area contributed by atoms with E-state index in [0.29, 0.717) is 23.7 Å². The molecule has 1 amide bonds. The van der Waals surface area contributed by atoms with Crippen LogP contribution in [0.5, 0.6) is 0 Å². The van der Waals surface area contributed by atoms with Crippen molar-refractivity contribution in [1.29, 1.82) is 0 Å². The summed E-state index contributed by atoms with van der Waals surface area (Å²) in [5.41, 5.74) is 0.826. The Morgan fingerprint density at radius 1 is 1.11 bits per heavy atom. The number of halogens is 4. The highest BCUT2D eigenvalue weighted by Gasteiger charge is 2.31. The van der Waals surface area contributed by atoms with Gasteiger partial charge in [0.1, 0.15) is 5.82 Å². The van der Waals surface area contributed by atoms with Gasteiger partial charge in [0.25, 0.3) is 0 Å². The SMILES string of the molecule is Cc1nc(N2CCC(N(C)C)CC2)nc2ccc(NC(=O)/C=C/c3ccc(C(F)(F)F)cc3F)cc12. The number of carbonyl (C=O) groups is 1. The molecular formula is C26H27F4N5O. The maximum atomic E-state index is 14.0. The van der Waals surface area contributed by atoms with Gasteiger partial charge in [-0.2, -0.15) is 13.2 Å². The van der Waals surface area contributed by atoms with Crippen molar-refractivity contribution < 1.29 is 22.4 Å². The predicted molar refractivity (Wildman–Crippen MR) is 132 cm³/mol. The average Bonchev–Trinajstić information content (AvgIpc) is 2.83. The molecular weight excluding hydrogens is 474 g/mol. The molecule has 0 saturated carbocycles. The van der Waals surface area contributed by atoms with Crippen molar-refractivity contribution in [1.82, 2.24) is 14.9 Å². The van der Waals surface area contributed by atoms with Crippen molar-refractivity contribution in [2.45, 2.75) is 32.0 Å². The minimum Gasteiger partial charge on any atom is -0.341 e. The molecule has 1 aliphatic rings. The molecule has 1 aromatic heterocycles. The lowest BCUT2D eigenvalue weighted by Crippen LogP contribution is -2.42. The Bertz CT molecular complexity index is 1300. The summed E-state index contributed by atoms with van der Waals surface area (Å²) in [6.45, 7) is 3.65. The molecule has 0 atom stereocenters. The fraction of sp³-hybridized carbons (Fsp3) is 0.346. The normalized spacial score (nSPS) is 15.3. The number of piperidine rings is 1. The number of benzene rings is 2. The summed E-state index contributed by atoms with van der Waals surface area (Å²) in [6.07, 6.45) is -0.349. The van der Waals surface area contributed by atoms with E-state index >= 15 is 0 Å². The van der Waals surface area contributed by atoms with Crippen LogP contribution in [0, 0.1) is 12.7 Å². The number of nitrogens with zero attached hydrogens (tertiary/aromatic N) is 4. The van der Waals surface area contributed by atoms with Gasteiger partial charge in [0.15, 0.2) is 0 Å². The molecule has 6 nitrogen and oxygen atoms in total. The van der Waals surface area contributed by atoms with Gasteiger partial charge in [-0.1, -0.05) is 6.07 Å². The molecule has 2 heterocycles. The number of aromatic nitrogens is 2. The van der Waals surface area contributed by atoms with E-state index in [0.717, 1.165) is 66.8 Å². The summed E-state index contributed by atoms with van der Waals surface area (Å²) in [6, 6.07) is 7.99. The smallest absolute Gasteiger partial charge is 0.341 e. The van der Waals surface area contributed by atoms with E-state index in [1.54, 1.807) is 18.2 Å². The first-order valence-electron chi connectivity index (χ1n) is 11.6. The van der Waals surface area contributed by atoms with Gasteiger partial charge in [0.05, 0.1) is 16.8 Å². The van der Waals surface area contributed by atoms with Crippen LogP contribution >= 0.6 is 0 Å². The molecule has 190 valence electrons. The number of rotatable bonds is 5. The molecule has 36 heavy (non-hydrogen) atoms. The number of hydrogen-bond acceptors (Lipinski definition) is 5. The maximum absolute atomic E-state index is 14.0. The van der Waals surface area contributed by atoms with Crippen LogP contribution in [-0.4, -0.2) is 54.0 Å². The van der Waals surface area contributed by atoms with Crippen LogP contribution < -0.4 is 10.2 Å². The highest BCUT2D eigenvalue weighted by atomic mass is 19.4. The lowest BCUT2D eigenvalue weighted by molar-refractivity contribution is -0.137.